The van der Waals surface area contributed by atoms with Crippen molar-refractivity contribution in [1.29, 1.82) is 0 Å². The number of ether oxygens (including phenoxy) is 1. The minimum absolute atomic E-state index is 0.0121. The van der Waals surface area contributed by atoms with E-state index < -0.39 is 21.7 Å². The lowest BCUT2D eigenvalue weighted by Crippen LogP contribution is -2.43. The largest absolute Gasteiger partial charge is 0.496 e. The number of nitrogens with one attached hydrogen (secondary N) is 2. The van der Waals surface area contributed by atoms with Crippen LogP contribution in [0.3, 0.4) is 0 Å². The Balaban J connectivity index is 1.81. The summed E-state index contributed by atoms with van der Waals surface area (Å²) >= 11 is 5.90. The number of halogens is 1. The predicted octanol–water partition coefficient (Wildman–Crippen LogP) is 0.863. The van der Waals surface area contributed by atoms with Gasteiger partial charge in [0.15, 0.2) is 9.84 Å². The highest BCUT2D eigenvalue weighted by atomic mass is 35.5. The Bertz CT molecular complexity index is 735. The van der Waals surface area contributed by atoms with E-state index >= 15 is 0 Å². The summed E-state index contributed by atoms with van der Waals surface area (Å²) in [6.45, 7) is 0. The van der Waals surface area contributed by atoms with Gasteiger partial charge in [-0.1, -0.05) is 11.6 Å². The third kappa shape index (κ3) is 5.38. The van der Waals surface area contributed by atoms with Gasteiger partial charge in [-0.15, -0.1) is 0 Å². The van der Waals surface area contributed by atoms with Crippen LogP contribution in [0.5, 0.6) is 5.75 Å². The number of hydrazine groups is 1. The van der Waals surface area contributed by atoms with Crippen molar-refractivity contribution in [2.45, 2.75) is 19.3 Å². The molecule has 1 heterocycles. The monoisotopic (exact) mass is 374 g/mol. The van der Waals surface area contributed by atoms with E-state index in [1.807, 2.05) is 0 Å². The van der Waals surface area contributed by atoms with Gasteiger partial charge >= 0.3 is 0 Å². The molecule has 1 aliphatic heterocycles. The topological polar surface area (TPSA) is 102 Å². The highest BCUT2D eigenvalue weighted by Crippen LogP contribution is 2.23. The number of benzene rings is 1. The molecular formula is C15H19ClN2O5S. The average molecular weight is 375 g/mol. The van der Waals surface area contributed by atoms with Crippen molar-refractivity contribution in [2.75, 3.05) is 18.6 Å². The van der Waals surface area contributed by atoms with Crippen LogP contribution in [0, 0.1) is 5.92 Å². The summed E-state index contributed by atoms with van der Waals surface area (Å²) in [6, 6.07) is 4.93. The van der Waals surface area contributed by atoms with Gasteiger partial charge in [0.25, 0.3) is 0 Å². The van der Waals surface area contributed by atoms with Gasteiger partial charge in [-0.05, 0) is 30.5 Å². The maximum atomic E-state index is 11.9. The fourth-order valence-corrected chi connectivity index (χ4v) is 4.64. The third-order valence-electron chi connectivity index (χ3n) is 3.74. The van der Waals surface area contributed by atoms with Gasteiger partial charge in [0.2, 0.25) is 11.8 Å². The van der Waals surface area contributed by atoms with E-state index in [2.05, 4.69) is 10.9 Å². The number of carbonyl (C=O) groups is 2. The van der Waals surface area contributed by atoms with Crippen molar-refractivity contribution >= 4 is 33.3 Å². The van der Waals surface area contributed by atoms with Crippen molar-refractivity contribution in [1.82, 2.24) is 10.9 Å². The minimum Gasteiger partial charge on any atom is -0.496 e. The molecule has 1 aromatic rings. The zero-order valence-corrected chi connectivity index (χ0v) is 14.7. The molecule has 1 saturated heterocycles. The molecule has 0 radical (unpaired) electrons. The molecule has 0 saturated carbocycles. The standard InChI is InChI=1S/C15H19ClN2O5S/c1-23-13-3-2-12(16)7-11(13)8-15(20)18-17-14(19)6-10-4-5-24(21,22)9-10/h2-3,7,10H,4-6,8-9H2,1H3,(H,17,19)(H,18,20)/t10-/m0/s1. The third-order valence-corrected chi connectivity index (χ3v) is 5.81. The predicted molar refractivity (Wildman–Crippen MR) is 89.4 cm³/mol. The van der Waals surface area contributed by atoms with Crippen LogP contribution in [0.2, 0.25) is 5.02 Å². The Labute approximate surface area is 145 Å². The normalized spacial score (nSPS) is 18.8. The van der Waals surface area contributed by atoms with Crippen LogP contribution in [0.25, 0.3) is 0 Å². The van der Waals surface area contributed by atoms with Crippen LogP contribution >= 0.6 is 11.6 Å². The molecule has 0 spiro atoms. The SMILES string of the molecule is COc1ccc(Cl)cc1CC(=O)NNC(=O)C[C@@H]1CCS(=O)(=O)C1. The first-order valence-electron chi connectivity index (χ1n) is 7.39. The molecule has 0 aromatic heterocycles. The lowest BCUT2D eigenvalue weighted by Gasteiger charge is -2.11. The Morgan fingerprint density at radius 2 is 2.00 bits per heavy atom. The van der Waals surface area contributed by atoms with Crippen molar-refractivity contribution < 1.29 is 22.7 Å². The quantitative estimate of drug-likeness (QED) is 0.744. The molecule has 1 atom stereocenters. The molecule has 24 heavy (non-hydrogen) atoms. The molecule has 0 unspecified atom stereocenters. The Kier molecular flexibility index (Phi) is 6.06. The van der Waals surface area contributed by atoms with Crippen LogP contribution in [0.1, 0.15) is 18.4 Å². The molecule has 7 nitrogen and oxygen atoms in total. The molecule has 1 fully saturated rings. The van der Waals surface area contributed by atoms with E-state index in [9.17, 15) is 18.0 Å². The zero-order chi connectivity index (χ0) is 17.7. The van der Waals surface area contributed by atoms with Crippen LogP contribution in [0.15, 0.2) is 18.2 Å². The first-order valence-corrected chi connectivity index (χ1v) is 9.59. The highest BCUT2D eigenvalue weighted by Gasteiger charge is 2.29. The Hall–Kier alpha value is -1.80. The first kappa shape index (κ1) is 18.5. The summed E-state index contributed by atoms with van der Waals surface area (Å²) in [5.74, 6) is -0.372. The maximum absolute atomic E-state index is 11.9. The van der Waals surface area contributed by atoms with E-state index in [0.29, 0.717) is 22.8 Å². The smallest absolute Gasteiger partial charge is 0.242 e. The molecular weight excluding hydrogens is 356 g/mol. The average Bonchev–Trinajstić information content (AvgIpc) is 2.84. The number of sulfone groups is 1. The van der Waals surface area contributed by atoms with Gasteiger partial charge in [0, 0.05) is 17.0 Å². The molecule has 1 aromatic carbocycles. The fraction of sp³-hybridized carbons (Fsp3) is 0.467. The van der Waals surface area contributed by atoms with Crippen LogP contribution in [-0.2, 0) is 25.8 Å². The van der Waals surface area contributed by atoms with E-state index in [-0.39, 0.29) is 30.3 Å². The lowest BCUT2D eigenvalue weighted by atomic mass is 10.1. The van der Waals surface area contributed by atoms with Gasteiger partial charge in [-0.25, -0.2) is 8.42 Å². The van der Waals surface area contributed by atoms with Crippen LogP contribution < -0.4 is 15.6 Å². The molecule has 1 aliphatic rings. The molecule has 132 valence electrons. The molecule has 9 heteroatoms. The van der Waals surface area contributed by atoms with Crippen molar-refractivity contribution in [3.8, 4) is 5.75 Å². The number of amides is 2. The summed E-state index contributed by atoms with van der Waals surface area (Å²) in [6.07, 6.45) is 0.533. The van der Waals surface area contributed by atoms with Crippen molar-refractivity contribution in [2.24, 2.45) is 5.92 Å². The van der Waals surface area contributed by atoms with Gasteiger partial charge in [-0.2, -0.15) is 0 Å². The van der Waals surface area contributed by atoms with Gasteiger partial charge < -0.3 is 4.74 Å². The summed E-state index contributed by atoms with van der Waals surface area (Å²) in [7, 11) is -1.53. The Morgan fingerprint density at radius 1 is 1.29 bits per heavy atom. The number of rotatable bonds is 5. The van der Waals surface area contributed by atoms with E-state index in [1.165, 1.54) is 7.11 Å². The second kappa shape index (κ2) is 7.85. The molecule has 2 rings (SSSR count). The molecule has 2 amide bonds. The second-order valence-corrected chi connectivity index (χ2v) is 8.37. The lowest BCUT2D eigenvalue weighted by molar-refractivity contribution is -0.129. The summed E-state index contributed by atoms with van der Waals surface area (Å²) < 4.78 is 27.9. The number of hydrogen-bond acceptors (Lipinski definition) is 5. The number of hydrogen-bond donors (Lipinski definition) is 2. The second-order valence-electron chi connectivity index (χ2n) is 5.70. The van der Waals surface area contributed by atoms with Crippen molar-refractivity contribution in [3.63, 3.8) is 0 Å². The minimum atomic E-state index is -3.02. The van der Waals surface area contributed by atoms with Crippen molar-refractivity contribution in [3.05, 3.63) is 28.8 Å². The van der Waals surface area contributed by atoms with Gasteiger partial charge in [-0.3, -0.25) is 20.4 Å². The van der Waals surface area contributed by atoms with E-state index in [1.54, 1.807) is 18.2 Å². The summed E-state index contributed by atoms with van der Waals surface area (Å²) in [5.41, 5.74) is 5.21. The highest BCUT2D eigenvalue weighted by molar-refractivity contribution is 7.91. The Morgan fingerprint density at radius 3 is 2.62 bits per heavy atom. The molecule has 0 aliphatic carbocycles. The maximum Gasteiger partial charge on any atom is 0.242 e. The van der Waals surface area contributed by atoms with E-state index in [4.69, 9.17) is 16.3 Å². The summed E-state index contributed by atoms with van der Waals surface area (Å²) in [5, 5.41) is 0.477. The van der Waals surface area contributed by atoms with Crippen LogP contribution in [0.4, 0.5) is 0 Å². The van der Waals surface area contributed by atoms with Gasteiger partial charge in [0.1, 0.15) is 5.75 Å². The molecule has 2 N–H and O–H groups in total. The van der Waals surface area contributed by atoms with E-state index in [0.717, 1.165) is 0 Å². The zero-order valence-electron chi connectivity index (χ0n) is 13.2. The van der Waals surface area contributed by atoms with Gasteiger partial charge in [0.05, 0.1) is 25.0 Å². The summed E-state index contributed by atoms with van der Waals surface area (Å²) in [4.78, 5) is 23.7. The van der Waals surface area contributed by atoms with Crippen LogP contribution in [-0.4, -0.2) is 38.8 Å². The molecule has 0 bridgehead atoms. The number of carbonyl (C=O) groups excluding carboxylic acids is 2. The first-order chi connectivity index (χ1) is 11.3. The fourth-order valence-electron chi connectivity index (χ4n) is 2.59. The number of methoxy groups -OCH3 is 1.